The van der Waals surface area contributed by atoms with Crippen LogP contribution in [0, 0.1) is 5.82 Å². The first-order chi connectivity index (χ1) is 11.7. The number of aliphatic imine (C=N–C) groups is 1. The molecule has 5 nitrogen and oxygen atoms in total. The first kappa shape index (κ1) is 21.3. The third-order valence-electron chi connectivity index (χ3n) is 3.48. The summed E-state index contributed by atoms with van der Waals surface area (Å²) in [5.74, 6) is 0.416. The van der Waals surface area contributed by atoms with E-state index < -0.39 is 6.10 Å². The van der Waals surface area contributed by atoms with Crippen LogP contribution in [0.15, 0.2) is 53.8 Å². The number of rotatable bonds is 7. The number of pyridine rings is 1. The number of benzene rings is 1. The van der Waals surface area contributed by atoms with Crippen LogP contribution in [0.2, 0.25) is 0 Å². The minimum absolute atomic E-state index is 0. The van der Waals surface area contributed by atoms with Gasteiger partial charge in [-0.1, -0.05) is 12.1 Å². The zero-order valence-electron chi connectivity index (χ0n) is 14.2. The number of nitrogens with zero attached hydrogens (tertiary/aromatic N) is 2. The van der Waals surface area contributed by atoms with Crippen LogP contribution >= 0.6 is 24.0 Å². The van der Waals surface area contributed by atoms with Gasteiger partial charge in [0, 0.05) is 25.5 Å². The average molecular weight is 458 g/mol. The molecule has 0 spiro atoms. The van der Waals surface area contributed by atoms with Gasteiger partial charge in [-0.25, -0.2) is 4.39 Å². The maximum absolute atomic E-state index is 12.9. The maximum Gasteiger partial charge on any atom is 0.191 e. The molecule has 136 valence electrons. The van der Waals surface area contributed by atoms with Crippen molar-refractivity contribution in [2.24, 2.45) is 4.99 Å². The lowest BCUT2D eigenvalue weighted by atomic mass is 10.1. The van der Waals surface area contributed by atoms with Gasteiger partial charge in [-0.3, -0.25) is 9.98 Å². The van der Waals surface area contributed by atoms with Crippen molar-refractivity contribution in [3.63, 3.8) is 0 Å². The third-order valence-corrected chi connectivity index (χ3v) is 3.48. The van der Waals surface area contributed by atoms with Crippen LogP contribution in [0.3, 0.4) is 0 Å². The Morgan fingerprint density at radius 1 is 1.16 bits per heavy atom. The van der Waals surface area contributed by atoms with Crippen LogP contribution in [0.1, 0.15) is 24.2 Å². The number of nitrogens with one attached hydrogen (secondary N) is 2. The van der Waals surface area contributed by atoms with Crippen molar-refractivity contribution in [1.29, 1.82) is 0 Å². The van der Waals surface area contributed by atoms with E-state index in [0.717, 1.165) is 24.1 Å². The van der Waals surface area contributed by atoms with Crippen molar-refractivity contribution in [2.75, 3.05) is 19.6 Å². The normalized spacial score (nSPS) is 12.2. The van der Waals surface area contributed by atoms with E-state index in [4.69, 9.17) is 0 Å². The van der Waals surface area contributed by atoms with Crippen LogP contribution in [0.25, 0.3) is 0 Å². The number of guanidine groups is 1. The Morgan fingerprint density at radius 2 is 1.84 bits per heavy atom. The van der Waals surface area contributed by atoms with Gasteiger partial charge in [0.1, 0.15) is 5.82 Å². The minimum atomic E-state index is -0.666. The summed E-state index contributed by atoms with van der Waals surface area (Å²) in [5.41, 5.74) is 1.84. The largest absolute Gasteiger partial charge is 0.386 e. The van der Waals surface area contributed by atoms with Crippen LogP contribution < -0.4 is 10.6 Å². The molecule has 0 amide bonds. The zero-order valence-corrected chi connectivity index (χ0v) is 16.5. The van der Waals surface area contributed by atoms with Crippen LogP contribution in [-0.2, 0) is 6.42 Å². The molecular weight excluding hydrogens is 434 g/mol. The molecule has 1 heterocycles. The lowest BCUT2D eigenvalue weighted by Crippen LogP contribution is -2.38. The first-order valence-electron chi connectivity index (χ1n) is 8.03. The lowest BCUT2D eigenvalue weighted by molar-refractivity contribution is 0.187. The van der Waals surface area contributed by atoms with Crippen molar-refractivity contribution in [2.45, 2.75) is 19.4 Å². The molecule has 0 saturated carbocycles. The van der Waals surface area contributed by atoms with Crippen molar-refractivity contribution >= 4 is 29.9 Å². The monoisotopic (exact) mass is 458 g/mol. The fourth-order valence-corrected chi connectivity index (χ4v) is 2.19. The average Bonchev–Trinajstić information content (AvgIpc) is 2.62. The highest BCUT2D eigenvalue weighted by Gasteiger charge is 2.07. The minimum Gasteiger partial charge on any atom is -0.386 e. The summed E-state index contributed by atoms with van der Waals surface area (Å²) >= 11 is 0. The lowest BCUT2D eigenvalue weighted by Gasteiger charge is -2.13. The summed E-state index contributed by atoms with van der Waals surface area (Å²) in [7, 11) is 0. The molecule has 0 aliphatic rings. The number of hydrogen-bond donors (Lipinski definition) is 3. The van der Waals surface area contributed by atoms with Crippen LogP contribution in [-0.4, -0.2) is 35.7 Å². The molecule has 1 atom stereocenters. The van der Waals surface area contributed by atoms with Crippen molar-refractivity contribution in [3.8, 4) is 0 Å². The fraction of sp³-hybridized carbons (Fsp3) is 0.333. The molecule has 0 fully saturated rings. The molecule has 7 heteroatoms. The summed E-state index contributed by atoms with van der Waals surface area (Å²) in [6.45, 7) is 3.64. The number of aromatic nitrogens is 1. The second-order valence-electron chi connectivity index (χ2n) is 5.32. The molecule has 0 aliphatic heterocycles. The highest BCUT2D eigenvalue weighted by atomic mass is 127. The Bertz CT molecular complexity index is 637. The molecule has 1 unspecified atom stereocenters. The summed E-state index contributed by atoms with van der Waals surface area (Å²) in [6, 6.07) is 10.0. The van der Waals surface area contributed by atoms with Gasteiger partial charge in [-0.2, -0.15) is 0 Å². The van der Waals surface area contributed by atoms with Gasteiger partial charge in [-0.15, -0.1) is 24.0 Å². The highest BCUT2D eigenvalue weighted by molar-refractivity contribution is 14.0. The Morgan fingerprint density at radius 3 is 2.48 bits per heavy atom. The van der Waals surface area contributed by atoms with Gasteiger partial charge in [0.2, 0.25) is 0 Å². The van der Waals surface area contributed by atoms with Crippen molar-refractivity contribution < 1.29 is 9.50 Å². The van der Waals surface area contributed by atoms with Gasteiger partial charge in [0.25, 0.3) is 0 Å². The number of aliphatic hydroxyl groups excluding tert-OH is 1. The first-order valence-corrected chi connectivity index (χ1v) is 8.03. The quantitative estimate of drug-likeness (QED) is 0.339. The summed E-state index contributed by atoms with van der Waals surface area (Å²) in [6.07, 6.45) is 3.39. The molecule has 0 radical (unpaired) electrons. The van der Waals surface area contributed by atoms with Gasteiger partial charge in [-0.05, 0) is 48.7 Å². The van der Waals surface area contributed by atoms with E-state index in [1.807, 2.05) is 6.92 Å². The van der Waals surface area contributed by atoms with Gasteiger partial charge < -0.3 is 15.7 Å². The second-order valence-corrected chi connectivity index (χ2v) is 5.32. The Hall–Kier alpha value is -1.74. The molecular formula is C18H24FIN4O. The van der Waals surface area contributed by atoms with E-state index >= 15 is 0 Å². The highest BCUT2D eigenvalue weighted by Crippen LogP contribution is 2.10. The predicted octanol–water partition coefficient (Wildman–Crippen LogP) is 2.67. The van der Waals surface area contributed by atoms with E-state index in [0.29, 0.717) is 12.5 Å². The molecule has 0 aliphatic carbocycles. The molecule has 1 aromatic heterocycles. The maximum atomic E-state index is 12.9. The van der Waals surface area contributed by atoms with E-state index in [1.54, 1.807) is 36.7 Å². The topological polar surface area (TPSA) is 69.5 Å². The smallest absolute Gasteiger partial charge is 0.191 e. The number of hydrogen-bond acceptors (Lipinski definition) is 3. The molecule has 2 rings (SSSR count). The van der Waals surface area contributed by atoms with E-state index in [1.165, 1.54) is 12.1 Å². The van der Waals surface area contributed by atoms with E-state index in [9.17, 15) is 9.50 Å². The SMILES string of the molecule is CCNC(=NCC(O)c1ccncc1)NCCc1ccc(F)cc1.I. The Labute approximate surface area is 164 Å². The standard InChI is InChI=1S/C18H23FN4O.HI/c1-2-21-18(22-12-7-14-3-5-16(19)6-4-14)23-13-17(24)15-8-10-20-11-9-15;/h3-6,8-11,17,24H,2,7,12-13H2,1H3,(H2,21,22,23);1H. The van der Waals surface area contributed by atoms with Gasteiger partial charge in [0.05, 0.1) is 12.6 Å². The fourth-order valence-electron chi connectivity index (χ4n) is 2.19. The van der Waals surface area contributed by atoms with Gasteiger partial charge in [0.15, 0.2) is 5.96 Å². The molecule has 0 bridgehead atoms. The summed E-state index contributed by atoms with van der Waals surface area (Å²) in [5, 5.41) is 16.5. The third kappa shape index (κ3) is 7.78. The predicted molar refractivity (Wildman–Crippen MR) is 109 cm³/mol. The van der Waals surface area contributed by atoms with E-state index in [-0.39, 0.29) is 36.3 Å². The van der Waals surface area contributed by atoms with Crippen LogP contribution in [0.5, 0.6) is 0 Å². The zero-order chi connectivity index (χ0) is 17.2. The van der Waals surface area contributed by atoms with E-state index in [2.05, 4.69) is 20.6 Å². The van der Waals surface area contributed by atoms with Crippen LogP contribution in [0.4, 0.5) is 4.39 Å². The van der Waals surface area contributed by atoms with Gasteiger partial charge >= 0.3 is 0 Å². The van der Waals surface area contributed by atoms with Crippen molar-refractivity contribution in [1.82, 2.24) is 15.6 Å². The molecule has 0 saturated heterocycles. The number of halogens is 2. The summed E-state index contributed by atoms with van der Waals surface area (Å²) in [4.78, 5) is 8.33. The molecule has 3 N–H and O–H groups in total. The summed E-state index contributed by atoms with van der Waals surface area (Å²) < 4.78 is 12.9. The Balaban J connectivity index is 0.00000312. The van der Waals surface area contributed by atoms with Crippen molar-refractivity contribution in [3.05, 3.63) is 65.7 Å². The number of aliphatic hydroxyl groups is 1. The molecule has 1 aromatic carbocycles. The second kappa shape index (κ2) is 11.8. The Kier molecular flexibility index (Phi) is 10.0. The molecule has 2 aromatic rings. The molecule has 25 heavy (non-hydrogen) atoms.